The van der Waals surface area contributed by atoms with Gasteiger partial charge in [0.1, 0.15) is 17.9 Å². The Morgan fingerprint density at radius 3 is 2.26 bits per heavy atom. The fourth-order valence-corrected chi connectivity index (χ4v) is 4.29. The van der Waals surface area contributed by atoms with Crippen molar-refractivity contribution in [3.63, 3.8) is 0 Å². The van der Waals surface area contributed by atoms with Crippen LogP contribution in [0.4, 0.5) is 0 Å². The summed E-state index contributed by atoms with van der Waals surface area (Å²) >= 11 is 0. The van der Waals surface area contributed by atoms with Gasteiger partial charge in [-0.15, -0.1) is 0 Å². The monoisotopic (exact) mass is 478 g/mol. The van der Waals surface area contributed by atoms with Crippen LogP contribution in [0.3, 0.4) is 0 Å². The molecule has 0 atom stereocenters. The molecule has 0 aromatic heterocycles. The van der Waals surface area contributed by atoms with Crippen molar-refractivity contribution in [1.29, 1.82) is 0 Å². The Bertz CT molecular complexity index is 1130. The first-order chi connectivity index (χ1) is 16.6. The summed E-state index contributed by atoms with van der Waals surface area (Å²) in [6.07, 6.45) is 1.93. The number of unbranched alkanes of at least 4 members (excludes halogenated alkanes) is 1. The van der Waals surface area contributed by atoms with Gasteiger partial charge in [0, 0.05) is 18.7 Å². The number of rotatable bonds is 8. The molecule has 0 spiro atoms. The van der Waals surface area contributed by atoms with Crippen LogP contribution < -0.4 is 4.74 Å². The summed E-state index contributed by atoms with van der Waals surface area (Å²) in [5.41, 5.74) is 1.78. The molecule has 0 radical (unpaired) electrons. The Morgan fingerprint density at radius 2 is 1.60 bits per heavy atom. The van der Waals surface area contributed by atoms with E-state index in [9.17, 15) is 19.2 Å². The minimum Gasteiger partial charge on any atom is -0.494 e. The van der Waals surface area contributed by atoms with Gasteiger partial charge in [0.25, 0.3) is 17.7 Å². The summed E-state index contributed by atoms with van der Waals surface area (Å²) in [7, 11) is 0. The number of benzene rings is 2. The molecule has 8 nitrogen and oxygen atoms in total. The van der Waals surface area contributed by atoms with Crippen molar-refractivity contribution in [2.45, 2.75) is 45.6 Å². The number of carbonyl (C=O) groups is 4. The highest BCUT2D eigenvalue weighted by atomic mass is 16.6. The van der Waals surface area contributed by atoms with Crippen molar-refractivity contribution in [2.75, 3.05) is 26.2 Å². The van der Waals surface area contributed by atoms with E-state index in [1.54, 1.807) is 57.2 Å². The predicted molar refractivity (Wildman–Crippen MR) is 128 cm³/mol. The number of imide groups is 1. The lowest BCUT2D eigenvalue weighted by molar-refractivity contribution is -0.155. The van der Waals surface area contributed by atoms with E-state index < -0.39 is 11.6 Å². The van der Waals surface area contributed by atoms with Crippen LogP contribution in [-0.2, 0) is 16.0 Å². The molecule has 4 rings (SSSR count). The van der Waals surface area contributed by atoms with Crippen molar-refractivity contribution in [3.8, 4) is 5.75 Å². The molecule has 0 N–H and O–H groups in total. The molecule has 2 aromatic rings. The average Bonchev–Trinajstić information content (AvgIpc) is 3.04. The second-order valence-corrected chi connectivity index (χ2v) is 9.75. The first-order valence-electron chi connectivity index (χ1n) is 11.9. The molecule has 3 amide bonds. The number of esters is 1. The fraction of sp³-hybridized carbons (Fsp3) is 0.407. The maximum Gasteiger partial charge on any atom is 0.326 e. The lowest BCUT2D eigenvalue weighted by Gasteiger charge is -2.29. The van der Waals surface area contributed by atoms with Gasteiger partial charge in [-0.3, -0.25) is 24.1 Å². The SMILES string of the molecule is CC(C)(C)OC(=O)CN1CCc2cc(OCCCCN3C(=O)c4ccccc4C3=O)ccc2C1=O. The lowest BCUT2D eigenvalue weighted by Crippen LogP contribution is -2.42. The van der Waals surface area contributed by atoms with Crippen molar-refractivity contribution < 1.29 is 28.7 Å². The maximum absolute atomic E-state index is 12.8. The number of hydrogen-bond donors (Lipinski definition) is 0. The molecule has 184 valence electrons. The quantitative estimate of drug-likeness (QED) is 0.328. The van der Waals surface area contributed by atoms with Gasteiger partial charge in [0.05, 0.1) is 17.7 Å². The van der Waals surface area contributed by atoms with Gasteiger partial charge in [-0.2, -0.15) is 0 Å². The molecule has 0 unspecified atom stereocenters. The summed E-state index contributed by atoms with van der Waals surface area (Å²) in [5, 5.41) is 0. The van der Waals surface area contributed by atoms with E-state index in [4.69, 9.17) is 9.47 Å². The molecular formula is C27H30N2O6. The van der Waals surface area contributed by atoms with Crippen LogP contribution in [0.15, 0.2) is 42.5 Å². The summed E-state index contributed by atoms with van der Waals surface area (Å²) in [6, 6.07) is 12.2. The number of ether oxygens (including phenoxy) is 2. The minimum atomic E-state index is -0.593. The van der Waals surface area contributed by atoms with Crippen LogP contribution >= 0.6 is 0 Å². The van der Waals surface area contributed by atoms with Crippen LogP contribution in [0.25, 0.3) is 0 Å². The lowest BCUT2D eigenvalue weighted by atomic mass is 9.98. The summed E-state index contributed by atoms with van der Waals surface area (Å²) in [4.78, 5) is 52.5. The molecule has 2 aliphatic rings. The Kier molecular flexibility index (Phi) is 6.91. The Labute approximate surface area is 204 Å². The van der Waals surface area contributed by atoms with Crippen LogP contribution in [0.2, 0.25) is 0 Å². The minimum absolute atomic E-state index is 0.0686. The van der Waals surface area contributed by atoms with Gasteiger partial charge in [-0.1, -0.05) is 12.1 Å². The summed E-state index contributed by atoms with van der Waals surface area (Å²) in [5.74, 6) is -0.434. The van der Waals surface area contributed by atoms with E-state index >= 15 is 0 Å². The Balaban J connectivity index is 1.24. The third-order valence-electron chi connectivity index (χ3n) is 5.91. The summed E-state index contributed by atoms with van der Waals surface area (Å²) in [6.45, 7) is 6.54. The zero-order chi connectivity index (χ0) is 25.2. The normalized spacial score (nSPS) is 15.2. The third-order valence-corrected chi connectivity index (χ3v) is 5.91. The van der Waals surface area contributed by atoms with Crippen LogP contribution in [0.5, 0.6) is 5.75 Å². The van der Waals surface area contributed by atoms with Crippen molar-refractivity contribution in [3.05, 3.63) is 64.7 Å². The van der Waals surface area contributed by atoms with E-state index in [0.717, 1.165) is 5.56 Å². The highest BCUT2D eigenvalue weighted by molar-refractivity contribution is 6.21. The second-order valence-electron chi connectivity index (χ2n) is 9.75. The smallest absolute Gasteiger partial charge is 0.326 e. The Hall–Kier alpha value is -3.68. The molecule has 35 heavy (non-hydrogen) atoms. The number of fused-ring (bicyclic) bond motifs is 2. The number of amides is 3. The largest absolute Gasteiger partial charge is 0.494 e. The third kappa shape index (κ3) is 5.53. The molecule has 0 saturated carbocycles. The predicted octanol–water partition coefficient (Wildman–Crippen LogP) is 3.48. The van der Waals surface area contributed by atoms with E-state index in [1.807, 2.05) is 6.07 Å². The highest BCUT2D eigenvalue weighted by Crippen LogP contribution is 2.25. The molecule has 8 heteroatoms. The molecule has 0 saturated heterocycles. The molecule has 2 aliphatic heterocycles. The first-order valence-corrected chi connectivity index (χ1v) is 11.9. The van der Waals surface area contributed by atoms with E-state index in [2.05, 4.69) is 0 Å². The number of nitrogens with zero attached hydrogens (tertiary/aromatic N) is 2. The molecular weight excluding hydrogens is 448 g/mol. The number of hydrogen-bond acceptors (Lipinski definition) is 6. The highest BCUT2D eigenvalue weighted by Gasteiger charge is 2.34. The molecule has 2 heterocycles. The van der Waals surface area contributed by atoms with Crippen molar-refractivity contribution in [2.24, 2.45) is 0 Å². The van der Waals surface area contributed by atoms with E-state index in [1.165, 1.54) is 9.80 Å². The van der Waals surface area contributed by atoms with Crippen LogP contribution in [0.1, 0.15) is 70.3 Å². The van der Waals surface area contributed by atoms with Gasteiger partial charge in [-0.25, -0.2) is 0 Å². The second kappa shape index (κ2) is 9.90. The van der Waals surface area contributed by atoms with Gasteiger partial charge < -0.3 is 14.4 Å². The maximum atomic E-state index is 12.8. The molecule has 2 aromatic carbocycles. The standard InChI is InChI=1S/C27H30N2O6/c1-27(2,3)35-23(30)17-28-14-12-18-16-19(10-11-20(18)24(28)31)34-15-7-6-13-29-25(32)21-8-4-5-9-22(21)26(29)33/h4-5,8-11,16H,6-7,12-15,17H2,1-3H3. The average molecular weight is 479 g/mol. The van der Waals surface area contributed by atoms with E-state index in [-0.39, 0.29) is 24.3 Å². The molecule has 0 aliphatic carbocycles. The zero-order valence-electron chi connectivity index (χ0n) is 20.3. The molecule has 0 fully saturated rings. The van der Waals surface area contributed by atoms with E-state index in [0.29, 0.717) is 61.4 Å². The van der Waals surface area contributed by atoms with Crippen LogP contribution in [0, 0.1) is 0 Å². The molecule has 0 bridgehead atoms. The first kappa shape index (κ1) is 24.4. The topological polar surface area (TPSA) is 93.2 Å². The van der Waals surface area contributed by atoms with Gasteiger partial charge >= 0.3 is 5.97 Å². The summed E-state index contributed by atoms with van der Waals surface area (Å²) < 4.78 is 11.2. The number of carbonyl (C=O) groups excluding carboxylic acids is 4. The fourth-order valence-electron chi connectivity index (χ4n) is 4.29. The van der Waals surface area contributed by atoms with Gasteiger partial charge in [0.15, 0.2) is 0 Å². The van der Waals surface area contributed by atoms with Crippen molar-refractivity contribution in [1.82, 2.24) is 9.80 Å². The Morgan fingerprint density at radius 1 is 0.914 bits per heavy atom. The zero-order valence-corrected chi connectivity index (χ0v) is 20.3. The van der Waals surface area contributed by atoms with Gasteiger partial charge in [-0.05, 0) is 75.9 Å². The van der Waals surface area contributed by atoms with Gasteiger partial charge in [0.2, 0.25) is 0 Å². The van der Waals surface area contributed by atoms with Crippen LogP contribution in [-0.4, -0.2) is 65.3 Å². The van der Waals surface area contributed by atoms with Crippen molar-refractivity contribution >= 4 is 23.7 Å².